The summed E-state index contributed by atoms with van der Waals surface area (Å²) in [5.74, 6) is 0. The van der Waals surface area contributed by atoms with E-state index < -0.39 is 0 Å². The van der Waals surface area contributed by atoms with E-state index in [1.807, 2.05) is 20.8 Å². The summed E-state index contributed by atoms with van der Waals surface area (Å²) in [6.45, 7) is 9.98. The van der Waals surface area contributed by atoms with Gasteiger partial charge in [0.15, 0.2) is 0 Å². The maximum Gasteiger partial charge on any atom is 0.297 e. The molecule has 0 spiro atoms. The van der Waals surface area contributed by atoms with Gasteiger partial charge < -0.3 is 5.32 Å². The number of nitrogens with one attached hydrogen (secondary N) is 1. The van der Waals surface area contributed by atoms with Gasteiger partial charge in [-0.05, 0) is 0 Å². The summed E-state index contributed by atoms with van der Waals surface area (Å²) in [5, 5.41) is 15.9. The molecule has 0 radical (unpaired) electrons. The van der Waals surface area contributed by atoms with Gasteiger partial charge in [-0.2, -0.15) is 4.52 Å². The molecular formula is C11H15N5OS. The molecule has 1 N–H and O–H groups in total. The Kier molecular flexibility index (Phi) is 3.16. The van der Waals surface area contributed by atoms with Gasteiger partial charge in [0.1, 0.15) is 5.69 Å². The van der Waals surface area contributed by atoms with Crippen molar-refractivity contribution >= 4 is 21.4 Å². The van der Waals surface area contributed by atoms with Crippen LogP contribution >= 0.6 is 11.3 Å². The number of hydrogen-bond acceptors (Lipinski definition) is 6. The van der Waals surface area contributed by atoms with Crippen LogP contribution in [0.4, 0.5) is 5.13 Å². The summed E-state index contributed by atoms with van der Waals surface area (Å²) in [6.07, 6.45) is 1.72. The molecule has 7 heteroatoms. The second-order valence-corrected chi connectivity index (χ2v) is 5.83. The fourth-order valence-corrected chi connectivity index (χ4v) is 2.16. The molecule has 0 amide bonds. The Hall–Kier alpha value is -1.76. The van der Waals surface area contributed by atoms with E-state index in [0.29, 0.717) is 22.3 Å². The average Bonchev–Trinajstić information content (AvgIpc) is 2.69. The first-order chi connectivity index (χ1) is 8.43. The van der Waals surface area contributed by atoms with Crippen LogP contribution in [0.5, 0.6) is 0 Å². The summed E-state index contributed by atoms with van der Waals surface area (Å²) in [7, 11) is 0. The smallest absolute Gasteiger partial charge is 0.297 e. The van der Waals surface area contributed by atoms with Crippen LogP contribution in [0.25, 0.3) is 4.96 Å². The fraction of sp³-hybridized carbons (Fsp3) is 0.455. The van der Waals surface area contributed by atoms with Crippen LogP contribution in [0.1, 0.15) is 26.5 Å². The van der Waals surface area contributed by atoms with Crippen LogP contribution in [0.15, 0.2) is 17.4 Å². The Morgan fingerprint density at radius 1 is 1.44 bits per heavy atom. The molecule has 6 nitrogen and oxygen atoms in total. The first-order valence-corrected chi connectivity index (χ1v) is 6.37. The molecule has 0 aromatic carbocycles. The molecule has 0 fully saturated rings. The number of rotatable bonds is 3. The molecule has 0 atom stereocenters. The van der Waals surface area contributed by atoms with Crippen molar-refractivity contribution < 1.29 is 0 Å². The molecule has 0 aliphatic carbocycles. The van der Waals surface area contributed by atoms with Crippen LogP contribution in [0.3, 0.4) is 0 Å². The second kappa shape index (κ2) is 4.49. The molecule has 2 heterocycles. The van der Waals surface area contributed by atoms with Crippen molar-refractivity contribution in [2.45, 2.75) is 26.2 Å². The van der Waals surface area contributed by atoms with Crippen LogP contribution in [0, 0.1) is 0 Å². The predicted octanol–water partition coefficient (Wildman–Crippen LogP) is 1.44. The molecule has 0 aliphatic rings. The normalized spacial score (nSPS) is 11.7. The van der Waals surface area contributed by atoms with Gasteiger partial charge in [-0.15, -0.1) is 21.9 Å². The average molecular weight is 265 g/mol. The molecule has 0 unspecified atom stereocenters. The van der Waals surface area contributed by atoms with Crippen LogP contribution in [-0.4, -0.2) is 26.4 Å². The van der Waals surface area contributed by atoms with Gasteiger partial charge in [0.25, 0.3) is 5.56 Å². The number of fused-ring (bicyclic) bond motifs is 1. The van der Waals surface area contributed by atoms with Crippen LogP contribution < -0.4 is 10.9 Å². The standard InChI is InChI=1S/C11H15N5OS/c1-5-6-12-9-15-16-8(17)7(11(2,3)4)13-14-10(16)18-9/h5H,1,6H2,2-4H3,(H,12,15). The number of hydrogen-bond donors (Lipinski definition) is 1. The summed E-state index contributed by atoms with van der Waals surface area (Å²) in [4.78, 5) is 12.7. The number of anilines is 1. The molecular weight excluding hydrogens is 250 g/mol. The molecule has 2 aromatic heterocycles. The Morgan fingerprint density at radius 3 is 2.78 bits per heavy atom. The van der Waals surface area contributed by atoms with Crippen molar-refractivity contribution in [1.82, 2.24) is 19.8 Å². The predicted molar refractivity (Wildman–Crippen MR) is 72.3 cm³/mol. The highest BCUT2D eigenvalue weighted by Crippen LogP contribution is 2.19. The van der Waals surface area contributed by atoms with E-state index in [-0.39, 0.29) is 11.0 Å². The second-order valence-electron chi connectivity index (χ2n) is 4.87. The highest BCUT2D eigenvalue weighted by molar-refractivity contribution is 7.20. The lowest BCUT2D eigenvalue weighted by Gasteiger charge is -2.14. The monoisotopic (exact) mass is 265 g/mol. The quantitative estimate of drug-likeness (QED) is 0.850. The molecule has 0 bridgehead atoms. The topological polar surface area (TPSA) is 72.2 Å². The van der Waals surface area contributed by atoms with Crippen molar-refractivity contribution in [1.29, 1.82) is 0 Å². The van der Waals surface area contributed by atoms with Gasteiger partial charge in [-0.25, -0.2) is 0 Å². The molecule has 0 saturated carbocycles. The van der Waals surface area contributed by atoms with Crippen LogP contribution in [0.2, 0.25) is 0 Å². The molecule has 96 valence electrons. The van der Waals surface area contributed by atoms with E-state index in [1.54, 1.807) is 6.08 Å². The lowest BCUT2D eigenvalue weighted by atomic mass is 9.93. The van der Waals surface area contributed by atoms with Gasteiger partial charge in [0, 0.05) is 12.0 Å². The summed E-state index contributed by atoms with van der Waals surface area (Å²) in [6, 6.07) is 0. The highest BCUT2D eigenvalue weighted by atomic mass is 32.1. The number of nitrogens with zero attached hydrogens (tertiary/aromatic N) is 4. The Morgan fingerprint density at radius 2 is 2.17 bits per heavy atom. The van der Waals surface area contributed by atoms with Gasteiger partial charge >= 0.3 is 0 Å². The van der Waals surface area contributed by atoms with E-state index in [2.05, 4.69) is 27.2 Å². The summed E-state index contributed by atoms with van der Waals surface area (Å²) < 4.78 is 1.30. The van der Waals surface area contributed by atoms with Crippen molar-refractivity contribution in [3.05, 3.63) is 28.7 Å². The van der Waals surface area contributed by atoms with Crippen molar-refractivity contribution in [3.63, 3.8) is 0 Å². The molecule has 2 rings (SSSR count). The number of aromatic nitrogens is 4. The molecule has 18 heavy (non-hydrogen) atoms. The van der Waals surface area contributed by atoms with E-state index in [0.717, 1.165) is 0 Å². The van der Waals surface area contributed by atoms with Crippen molar-refractivity contribution in [3.8, 4) is 0 Å². The SMILES string of the molecule is C=CCNc1nn2c(=O)c(C(C)(C)C)nnc2s1. The van der Waals surface area contributed by atoms with E-state index in [9.17, 15) is 4.79 Å². The zero-order chi connectivity index (χ0) is 13.3. The Labute approximate surface area is 108 Å². The molecule has 0 aliphatic heterocycles. The van der Waals surface area contributed by atoms with E-state index in [4.69, 9.17) is 0 Å². The van der Waals surface area contributed by atoms with E-state index >= 15 is 0 Å². The third kappa shape index (κ3) is 2.26. The summed E-state index contributed by atoms with van der Waals surface area (Å²) in [5.41, 5.74) is -0.139. The molecule has 2 aromatic rings. The zero-order valence-corrected chi connectivity index (χ0v) is 11.4. The third-order valence-electron chi connectivity index (χ3n) is 2.30. The van der Waals surface area contributed by atoms with Gasteiger partial charge in [-0.3, -0.25) is 4.79 Å². The lowest BCUT2D eigenvalue weighted by molar-refractivity contribution is 0.542. The highest BCUT2D eigenvalue weighted by Gasteiger charge is 2.22. The fourth-order valence-electron chi connectivity index (χ4n) is 1.42. The maximum atomic E-state index is 12.2. The molecule has 0 saturated heterocycles. The van der Waals surface area contributed by atoms with Crippen molar-refractivity contribution in [2.75, 3.05) is 11.9 Å². The van der Waals surface area contributed by atoms with E-state index in [1.165, 1.54) is 15.9 Å². The minimum atomic E-state index is -0.344. The Balaban J connectivity index is 2.54. The summed E-state index contributed by atoms with van der Waals surface area (Å²) >= 11 is 1.29. The zero-order valence-electron chi connectivity index (χ0n) is 10.6. The Bertz CT molecular complexity index is 637. The van der Waals surface area contributed by atoms with Gasteiger partial charge in [0.2, 0.25) is 10.1 Å². The first kappa shape index (κ1) is 12.7. The third-order valence-corrected chi connectivity index (χ3v) is 3.16. The van der Waals surface area contributed by atoms with Crippen molar-refractivity contribution in [2.24, 2.45) is 0 Å². The van der Waals surface area contributed by atoms with Gasteiger partial charge in [0.05, 0.1) is 0 Å². The first-order valence-electron chi connectivity index (χ1n) is 5.55. The van der Waals surface area contributed by atoms with Crippen LogP contribution in [-0.2, 0) is 5.41 Å². The van der Waals surface area contributed by atoms with Gasteiger partial charge in [-0.1, -0.05) is 38.2 Å². The minimum absolute atomic E-state index is 0.213. The largest absolute Gasteiger partial charge is 0.357 e. The lowest BCUT2D eigenvalue weighted by Crippen LogP contribution is -2.30. The minimum Gasteiger partial charge on any atom is -0.357 e. The maximum absolute atomic E-state index is 12.2.